The second-order valence-electron chi connectivity index (χ2n) is 7.12. The van der Waals surface area contributed by atoms with Crippen molar-refractivity contribution in [3.05, 3.63) is 52.5 Å². The topological polar surface area (TPSA) is 66.0 Å². The average molecular weight is 417 g/mol. The molecule has 3 heterocycles. The van der Waals surface area contributed by atoms with Gasteiger partial charge in [0.1, 0.15) is 0 Å². The molecule has 3 rings (SSSR count). The number of likely N-dealkylation sites (N-methyl/N-ethyl adjacent to an activating group) is 1. The van der Waals surface area contributed by atoms with E-state index in [2.05, 4.69) is 9.88 Å². The van der Waals surface area contributed by atoms with Crippen LogP contribution in [0, 0.1) is 0 Å². The number of aromatic nitrogens is 1. The average Bonchev–Trinajstić information content (AvgIpc) is 3.29. The lowest BCUT2D eigenvalue weighted by Gasteiger charge is -2.29. The first-order valence-corrected chi connectivity index (χ1v) is 10.8. The third-order valence-electron chi connectivity index (χ3n) is 4.93. The Hall–Kier alpha value is -2.29. The highest BCUT2D eigenvalue weighted by Crippen LogP contribution is 2.12. The molecular formula is C21H28N4O3S. The van der Waals surface area contributed by atoms with Crippen molar-refractivity contribution in [2.75, 3.05) is 53.0 Å². The highest BCUT2D eigenvalue weighted by Gasteiger charge is 2.21. The molecule has 2 amide bonds. The molecule has 7 nitrogen and oxygen atoms in total. The number of amides is 2. The van der Waals surface area contributed by atoms with Crippen molar-refractivity contribution in [3.63, 3.8) is 0 Å². The summed E-state index contributed by atoms with van der Waals surface area (Å²) >= 11 is 1.39. The summed E-state index contributed by atoms with van der Waals surface area (Å²) in [6, 6.07) is 7.46. The third kappa shape index (κ3) is 6.62. The standard InChI is InChI=1S/C21H28N4O3S/c1-23(21(27)19-4-2-15-29-19)17-20(26)25(16-18-5-7-22-8-6-18)10-3-9-24-11-13-28-14-12-24/h2,4-8,15H,3,9-14,16-17H2,1H3. The number of carbonyl (C=O) groups excluding carboxylic acids is 2. The summed E-state index contributed by atoms with van der Waals surface area (Å²) in [6.07, 6.45) is 4.36. The summed E-state index contributed by atoms with van der Waals surface area (Å²) in [7, 11) is 1.68. The zero-order chi connectivity index (χ0) is 20.5. The number of ether oxygens (including phenoxy) is 1. The number of rotatable bonds is 9. The number of morpholine rings is 1. The number of carbonyl (C=O) groups is 2. The summed E-state index contributed by atoms with van der Waals surface area (Å²) < 4.78 is 5.39. The molecule has 0 aromatic carbocycles. The van der Waals surface area contributed by atoms with E-state index >= 15 is 0 Å². The van der Waals surface area contributed by atoms with Gasteiger partial charge in [-0.15, -0.1) is 11.3 Å². The minimum atomic E-state index is -0.120. The Morgan fingerprint density at radius 2 is 1.97 bits per heavy atom. The van der Waals surface area contributed by atoms with Gasteiger partial charge in [0.15, 0.2) is 0 Å². The summed E-state index contributed by atoms with van der Waals surface area (Å²) in [5.74, 6) is -0.165. The minimum absolute atomic E-state index is 0.0452. The van der Waals surface area contributed by atoms with Gasteiger partial charge in [0.25, 0.3) is 5.91 Å². The van der Waals surface area contributed by atoms with E-state index in [1.807, 2.05) is 28.5 Å². The first-order chi connectivity index (χ1) is 14.1. The molecule has 0 aliphatic carbocycles. The molecular weight excluding hydrogens is 388 g/mol. The third-order valence-corrected chi connectivity index (χ3v) is 5.79. The maximum atomic E-state index is 13.0. The van der Waals surface area contributed by atoms with Crippen molar-refractivity contribution in [1.82, 2.24) is 19.7 Å². The van der Waals surface area contributed by atoms with Gasteiger partial charge in [-0.2, -0.15) is 0 Å². The van der Waals surface area contributed by atoms with E-state index < -0.39 is 0 Å². The largest absolute Gasteiger partial charge is 0.379 e. The van der Waals surface area contributed by atoms with Gasteiger partial charge in [-0.1, -0.05) is 6.07 Å². The molecule has 1 saturated heterocycles. The fourth-order valence-electron chi connectivity index (χ4n) is 3.27. The Kier molecular flexibility index (Phi) is 8.15. The number of hydrogen-bond donors (Lipinski definition) is 0. The summed E-state index contributed by atoms with van der Waals surface area (Å²) in [5, 5.41) is 1.87. The number of nitrogens with zero attached hydrogens (tertiary/aromatic N) is 4. The number of hydrogen-bond acceptors (Lipinski definition) is 6. The van der Waals surface area contributed by atoms with E-state index in [-0.39, 0.29) is 18.4 Å². The van der Waals surface area contributed by atoms with Crippen LogP contribution < -0.4 is 0 Å². The first-order valence-electron chi connectivity index (χ1n) is 9.89. The first kappa shape index (κ1) is 21.4. The quantitative estimate of drug-likeness (QED) is 0.625. The maximum absolute atomic E-state index is 13.0. The minimum Gasteiger partial charge on any atom is -0.379 e. The van der Waals surface area contributed by atoms with Crippen LogP contribution in [0.15, 0.2) is 42.0 Å². The van der Waals surface area contributed by atoms with E-state index in [0.717, 1.165) is 44.8 Å². The second kappa shape index (κ2) is 11.0. The lowest BCUT2D eigenvalue weighted by molar-refractivity contribution is -0.132. The Balaban J connectivity index is 1.58. The Labute approximate surface area is 175 Å². The van der Waals surface area contributed by atoms with Crippen LogP contribution in [0.5, 0.6) is 0 Å². The zero-order valence-corrected chi connectivity index (χ0v) is 17.6. The van der Waals surface area contributed by atoms with Crippen LogP contribution in [-0.4, -0.2) is 84.5 Å². The Morgan fingerprint density at radius 3 is 2.66 bits per heavy atom. The Morgan fingerprint density at radius 1 is 1.21 bits per heavy atom. The highest BCUT2D eigenvalue weighted by atomic mass is 32.1. The van der Waals surface area contributed by atoms with Crippen LogP contribution in [0.25, 0.3) is 0 Å². The maximum Gasteiger partial charge on any atom is 0.264 e. The van der Waals surface area contributed by atoms with Gasteiger partial charge in [0, 0.05) is 52.2 Å². The van der Waals surface area contributed by atoms with Crippen molar-refractivity contribution >= 4 is 23.2 Å². The molecule has 2 aromatic heterocycles. The molecule has 29 heavy (non-hydrogen) atoms. The molecule has 1 fully saturated rings. The lowest BCUT2D eigenvalue weighted by Crippen LogP contribution is -2.42. The molecule has 0 spiro atoms. The number of pyridine rings is 1. The highest BCUT2D eigenvalue weighted by molar-refractivity contribution is 7.12. The van der Waals surface area contributed by atoms with Gasteiger partial charge >= 0.3 is 0 Å². The van der Waals surface area contributed by atoms with Gasteiger partial charge < -0.3 is 14.5 Å². The van der Waals surface area contributed by atoms with Crippen molar-refractivity contribution in [2.24, 2.45) is 0 Å². The number of thiophene rings is 1. The Bertz CT molecular complexity index is 763. The molecule has 0 saturated carbocycles. The van der Waals surface area contributed by atoms with Crippen molar-refractivity contribution < 1.29 is 14.3 Å². The predicted octanol–water partition coefficient (Wildman–Crippen LogP) is 1.97. The summed E-state index contributed by atoms with van der Waals surface area (Å²) in [4.78, 5) is 35.9. The van der Waals surface area contributed by atoms with Crippen LogP contribution in [0.2, 0.25) is 0 Å². The van der Waals surface area contributed by atoms with Gasteiger partial charge in [-0.3, -0.25) is 19.5 Å². The zero-order valence-electron chi connectivity index (χ0n) is 16.8. The van der Waals surface area contributed by atoms with E-state index in [1.165, 1.54) is 16.2 Å². The van der Waals surface area contributed by atoms with Crippen LogP contribution in [-0.2, 0) is 16.1 Å². The predicted molar refractivity (Wildman–Crippen MR) is 113 cm³/mol. The molecule has 0 radical (unpaired) electrons. The second-order valence-corrected chi connectivity index (χ2v) is 8.06. The van der Waals surface area contributed by atoms with E-state index in [1.54, 1.807) is 25.5 Å². The molecule has 0 N–H and O–H groups in total. The monoisotopic (exact) mass is 416 g/mol. The van der Waals surface area contributed by atoms with Crippen LogP contribution in [0.3, 0.4) is 0 Å². The van der Waals surface area contributed by atoms with Gasteiger partial charge in [-0.05, 0) is 35.6 Å². The molecule has 1 aliphatic heterocycles. The summed E-state index contributed by atoms with van der Waals surface area (Å²) in [6.45, 7) is 5.61. The van der Waals surface area contributed by atoms with Crippen LogP contribution in [0.1, 0.15) is 21.7 Å². The fourth-order valence-corrected chi connectivity index (χ4v) is 3.99. The van der Waals surface area contributed by atoms with Crippen molar-refractivity contribution in [1.29, 1.82) is 0 Å². The molecule has 1 aliphatic rings. The van der Waals surface area contributed by atoms with Crippen LogP contribution in [0.4, 0.5) is 0 Å². The normalized spacial score (nSPS) is 14.5. The molecule has 2 aromatic rings. The van der Waals surface area contributed by atoms with E-state index in [9.17, 15) is 9.59 Å². The SMILES string of the molecule is CN(CC(=O)N(CCCN1CCOCC1)Cc1ccncc1)C(=O)c1cccs1. The molecule has 0 unspecified atom stereocenters. The van der Waals surface area contributed by atoms with Crippen LogP contribution >= 0.6 is 11.3 Å². The van der Waals surface area contributed by atoms with Gasteiger partial charge in [0.05, 0.1) is 24.6 Å². The van der Waals surface area contributed by atoms with Crippen molar-refractivity contribution in [2.45, 2.75) is 13.0 Å². The fraction of sp³-hybridized carbons (Fsp3) is 0.476. The van der Waals surface area contributed by atoms with Crippen molar-refractivity contribution in [3.8, 4) is 0 Å². The smallest absolute Gasteiger partial charge is 0.264 e. The van der Waals surface area contributed by atoms with Gasteiger partial charge in [0.2, 0.25) is 5.91 Å². The molecule has 8 heteroatoms. The summed E-state index contributed by atoms with van der Waals surface area (Å²) in [5.41, 5.74) is 1.03. The van der Waals surface area contributed by atoms with Gasteiger partial charge in [-0.25, -0.2) is 0 Å². The lowest BCUT2D eigenvalue weighted by atomic mass is 10.2. The van der Waals surface area contributed by atoms with E-state index in [4.69, 9.17) is 4.74 Å². The molecule has 156 valence electrons. The van der Waals surface area contributed by atoms with E-state index in [0.29, 0.717) is 18.0 Å². The molecule has 0 bridgehead atoms. The molecule has 0 atom stereocenters.